The first-order chi connectivity index (χ1) is 10.3. The second-order valence-corrected chi connectivity index (χ2v) is 6.37. The Morgan fingerprint density at radius 3 is 2.95 bits per heavy atom. The number of nitrogens with one attached hydrogen (secondary N) is 1. The van der Waals surface area contributed by atoms with Crippen LogP contribution in [0.3, 0.4) is 0 Å². The number of rotatable bonds is 6. The van der Waals surface area contributed by atoms with E-state index in [0.29, 0.717) is 6.04 Å². The van der Waals surface area contributed by atoms with Gasteiger partial charge in [-0.05, 0) is 56.0 Å². The van der Waals surface area contributed by atoms with Crippen molar-refractivity contribution in [3.63, 3.8) is 0 Å². The average Bonchev–Trinajstić information content (AvgIpc) is 3.10. The van der Waals surface area contributed by atoms with Gasteiger partial charge in [-0.25, -0.2) is 4.98 Å². The fourth-order valence-electron chi connectivity index (χ4n) is 2.68. The third kappa shape index (κ3) is 3.17. The molecule has 2 aromatic heterocycles. The van der Waals surface area contributed by atoms with Crippen molar-refractivity contribution in [3.8, 4) is 0 Å². The number of aromatic nitrogens is 2. The van der Waals surface area contributed by atoms with Gasteiger partial charge in [-0.15, -0.1) is 11.3 Å². The number of benzene rings is 1. The summed E-state index contributed by atoms with van der Waals surface area (Å²) in [5, 5.41) is 5.78. The van der Waals surface area contributed by atoms with E-state index >= 15 is 0 Å². The highest BCUT2D eigenvalue weighted by atomic mass is 32.1. The molecule has 2 heterocycles. The second-order valence-electron chi connectivity index (χ2n) is 5.42. The van der Waals surface area contributed by atoms with Gasteiger partial charge in [-0.3, -0.25) is 0 Å². The first-order valence-corrected chi connectivity index (χ1v) is 8.31. The average molecular weight is 299 g/mol. The highest BCUT2D eigenvalue weighted by molar-refractivity contribution is 7.10. The number of imidazole rings is 1. The van der Waals surface area contributed by atoms with Crippen molar-refractivity contribution < 1.29 is 0 Å². The van der Waals surface area contributed by atoms with Gasteiger partial charge in [-0.1, -0.05) is 12.1 Å². The Morgan fingerprint density at radius 2 is 2.14 bits per heavy atom. The van der Waals surface area contributed by atoms with Crippen molar-refractivity contribution in [2.24, 2.45) is 0 Å². The van der Waals surface area contributed by atoms with Gasteiger partial charge in [0, 0.05) is 17.5 Å². The van der Waals surface area contributed by atoms with E-state index in [-0.39, 0.29) is 0 Å². The van der Waals surface area contributed by atoms with Gasteiger partial charge < -0.3 is 9.88 Å². The van der Waals surface area contributed by atoms with Crippen LogP contribution in [0, 0.1) is 6.92 Å². The van der Waals surface area contributed by atoms with E-state index in [9.17, 15) is 0 Å². The summed E-state index contributed by atoms with van der Waals surface area (Å²) in [5.74, 6) is 0. The van der Waals surface area contributed by atoms with E-state index in [2.05, 4.69) is 58.4 Å². The Labute approximate surface area is 129 Å². The van der Waals surface area contributed by atoms with Gasteiger partial charge in [0.25, 0.3) is 0 Å². The Morgan fingerprint density at radius 1 is 1.29 bits per heavy atom. The van der Waals surface area contributed by atoms with Crippen molar-refractivity contribution >= 4 is 22.4 Å². The molecule has 0 spiro atoms. The molecule has 0 bridgehead atoms. The number of fused-ring (bicyclic) bond motifs is 1. The lowest BCUT2D eigenvalue weighted by Gasteiger charge is -2.13. The van der Waals surface area contributed by atoms with Crippen LogP contribution in [-0.2, 0) is 6.54 Å². The summed E-state index contributed by atoms with van der Waals surface area (Å²) in [5.41, 5.74) is 3.69. The molecular weight excluding hydrogens is 278 g/mol. The molecule has 0 aliphatic carbocycles. The Hall–Kier alpha value is -1.65. The number of para-hydroxylation sites is 2. The molecule has 3 aromatic rings. The normalized spacial score (nSPS) is 12.9. The van der Waals surface area contributed by atoms with E-state index in [0.717, 1.165) is 25.0 Å². The Bertz CT molecular complexity index is 713. The van der Waals surface area contributed by atoms with E-state index in [4.69, 9.17) is 0 Å². The molecule has 3 nitrogen and oxygen atoms in total. The van der Waals surface area contributed by atoms with Crippen LogP contribution in [0.5, 0.6) is 0 Å². The summed E-state index contributed by atoms with van der Waals surface area (Å²) in [7, 11) is 0. The second kappa shape index (κ2) is 6.41. The summed E-state index contributed by atoms with van der Waals surface area (Å²) in [6.45, 7) is 6.45. The third-order valence-corrected chi connectivity index (χ3v) is 5.05. The molecule has 1 atom stereocenters. The standard InChI is InChI=1S/C17H21N3S/c1-13-8-11-21-17(13)14(2)18-9-5-10-20-12-19-15-6-3-4-7-16(15)20/h3-4,6-8,11-12,14,18H,5,9-10H2,1-2H3. The zero-order valence-corrected chi connectivity index (χ0v) is 13.4. The maximum absolute atomic E-state index is 4.43. The minimum absolute atomic E-state index is 0.435. The minimum atomic E-state index is 0.435. The number of hydrogen-bond acceptors (Lipinski definition) is 3. The molecule has 4 heteroatoms. The molecule has 1 aromatic carbocycles. The van der Waals surface area contributed by atoms with Crippen molar-refractivity contribution in [1.29, 1.82) is 0 Å². The first kappa shape index (κ1) is 14.3. The smallest absolute Gasteiger partial charge is 0.0958 e. The van der Waals surface area contributed by atoms with Crippen LogP contribution in [0.1, 0.15) is 29.8 Å². The molecular formula is C17H21N3S. The van der Waals surface area contributed by atoms with Crippen LogP contribution in [-0.4, -0.2) is 16.1 Å². The molecule has 0 radical (unpaired) electrons. The lowest BCUT2D eigenvalue weighted by atomic mass is 10.2. The lowest BCUT2D eigenvalue weighted by molar-refractivity contribution is 0.534. The quantitative estimate of drug-likeness (QED) is 0.693. The molecule has 0 aliphatic heterocycles. The molecule has 0 saturated heterocycles. The Kier molecular flexibility index (Phi) is 4.36. The first-order valence-electron chi connectivity index (χ1n) is 7.43. The Balaban J connectivity index is 1.51. The number of nitrogens with zero attached hydrogens (tertiary/aromatic N) is 2. The predicted octanol–water partition coefficient (Wildman–Crippen LogP) is 4.15. The molecule has 110 valence electrons. The summed E-state index contributed by atoms with van der Waals surface area (Å²) >= 11 is 1.84. The minimum Gasteiger partial charge on any atom is -0.331 e. The SMILES string of the molecule is Cc1ccsc1C(C)NCCCn1cnc2ccccc21. The van der Waals surface area contributed by atoms with Gasteiger partial charge in [0.2, 0.25) is 0 Å². The molecule has 0 aliphatic rings. The molecule has 1 unspecified atom stereocenters. The summed E-state index contributed by atoms with van der Waals surface area (Å²) in [6, 6.07) is 10.9. The highest BCUT2D eigenvalue weighted by Crippen LogP contribution is 2.23. The van der Waals surface area contributed by atoms with Crippen LogP contribution in [0.15, 0.2) is 42.0 Å². The molecule has 0 amide bonds. The zero-order chi connectivity index (χ0) is 14.7. The summed E-state index contributed by atoms with van der Waals surface area (Å²) < 4.78 is 2.23. The molecule has 1 N–H and O–H groups in total. The third-order valence-electron chi connectivity index (χ3n) is 3.85. The van der Waals surface area contributed by atoms with Crippen molar-refractivity contribution in [2.45, 2.75) is 32.9 Å². The van der Waals surface area contributed by atoms with E-state index in [1.165, 1.54) is 16.0 Å². The maximum atomic E-state index is 4.43. The van der Waals surface area contributed by atoms with Crippen LogP contribution < -0.4 is 5.32 Å². The highest BCUT2D eigenvalue weighted by Gasteiger charge is 2.08. The van der Waals surface area contributed by atoms with Crippen LogP contribution in [0.2, 0.25) is 0 Å². The zero-order valence-electron chi connectivity index (χ0n) is 12.5. The fraction of sp³-hybridized carbons (Fsp3) is 0.353. The number of thiophene rings is 1. The van der Waals surface area contributed by atoms with Crippen LogP contribution >= 0.6 is 11.3 Å². The van der Waals surface area contributed by atoms with Crippen LogP contribution in [0.25, 0.3) is 11.0 Å². The molecule has 21 heavy (non-hydrogen) atoms. The van der Waals surface area contributed by atoms with Crippen LogP contribution in [0.4, 0.5) is 0 Å². The topological polar surface area (TPSA) is 29.9 Å². The lowest BCUT2D eigenvalue weighted by Crippen LogP contribution is -2.20. The fourth-order valence-corrected chi connectivity index (χ4v) is 3.64. The van der Waals surface area contributed by atoms with Gasteiger partial charge in [0.15, 0.2) is 0 Å². The van der Waals surface area contributed by atoms with E-state index in [1.54, 1.807) is 0 Å². The summed E-state index contributed by atoms with van der Waals surface area (Å²) in [4.78, 5) is 5.88. The van der Waals surface area contributed by atoms with E-state index < -0.39 is 0 Å². The molecule has 0 saturated carbocycles. The van der Waals surface area contributed by atoms with Gasteiger partial charge >= 0.3 is 0 Å². The van der Waals surface area contributed by atoms with Crippen molar-refractivity contribution in [2.75, 3.05) is 6.54 Å². The number of aryl methyl sites for hydroxylation is 2. The monoisotopic (exact) mass is 299 g/mol. The molecule has 0 fully saturated rings. The van der Waals surface area contributed by atoms with Crippen molar-refractivity contribution in [3.05, 3.63) is 52.5 Å². The van der Waals surface area contributed by atoms with Gasteiger partial charge in [0.05, 0.1) is 17.4 Å². The van der Waals surface area contributed by atoms with Gasteiger partial charge in [0.1, 0.15) is 0 Å². The molecule has 3 rings (SSSR count). The summed E-state index contributed by atoms with van der Waals surface area (Å²) in [6.07, 6.45) is 3.05. The largest absolute Gasteiger partial charge is 0.331 e. The van der Waals surface area contributed by atoms with Gasteiger partial charge in [-0.2, -0.15) is 0 Å². The van der Waals surface area contributed by atoms with Crippen molar-refractivity contribution in [1.82, 2.24) is 14.9 Å². The number of hydrogen-bond donors (Lipinski definition) is 1. The van der Waals surface area contributed by atoms with E-state index in [1.807, 2.05) is 23.7 Å². The predicted molar refractivity (Wildman–Crippen MR) is 89.8 cm³/mol. The maximum Gasteiger partial charge on any atom is 0.0958 e.